The van der Waals surface area contributed by atoms with Gasteiger partial charge in [0.2, 0.25) is 0 Å². The van der Waals surface area contributed by atoms with Gasteiger partial charge in [0.1, 0.15) is 13.2 Å². The molecule has 0 fully saturated rings. The number of carbonyl (C=O) groups excluding carboxylic acids is 3. The summed E-state index contributed by atoms with van der Waals surface area (Å²) in [6.45, 7) is 6.59. The first-order valence-electron chi connectivity index (χ1n) is 29.8. The Morgan fingerprint density at radius 3 is 0.881 bits per heavy atom. The highest BCUT2D eigenvalue weighted by atomic mass is 16.6. The standard InChI is InChI=1S/C61H114O6/c1-4-7-10-13-16-19-21-23-24-25-26-27-28-29-30-31-32-33-34-35-36-38-39-42-45-48-51-54-60(63)66-57-58(56-65-59(62)53-50-47-44-41-18-15-12-9-6-3)67-61(64)55-52-49-46-43-40-37-22-20-17-14-11-8-5-2/h11,14,20,22,58H,4-10,12-13,15-19,21,23-57H2,1-3H3/b14-11-,22-20-. The zero-order valence-electron chi connectivity index (χ0n) is 45.2. The van der Waals surface area contributed by atoms with Crippen molar-refractivity contribution in [3.8, 4) is 0 Å². The molecule has 0 spiro atoms. The van der Waals surface area contributed by atoms with E-state index in [2.05, 4.69) is 45.1 Å². The Labute approximate surface area is 417 Å². The van der Waals surface area contributed by atoms with E-state index in [0.717, 1.165) is 89.9 Å². The van der Waals surface area contributed by atoms with Crippen molar-refractivity contribution in [2.45, 2.75) is 335 Å². The molecule has 6 nitrogen and oxygen atoms in total. The van der Waals surface area contributed by atoms with E-state index in [4.69, 9.17) is 14.2 Å². The van der Waals surface area contributed by atoms with Gasteiger partial charge in [0.05, 0.1) is 0 Å². The second-order valence-corrected chi connectivity index (χ2v) is 20.3. The molecule has 0 radical (unpaired) electrons. The van der Waals surface area contributed by atoms with Crippen LogP contribution in [0.5, 0.6) is 0 Å². The van der Waals surface area contributed by atoms with E-state index >= 15 is 0 Å². The SMILES string of the molecule is CCC/C=C\C/C=C\CCCCCCCC(=O)OC(COC(=O)CCCCCCCCCCC)COC(=O)CCCCCCCCCCCCCCCCCCCCCCCCCCCCC. The van der Waals surface area contributed by atoms with Gasteiger partial charge in [0.15, 0.2) is 6.10 Å². The monoisotopic (exact) mass is 943 g/mol. The molecule has 0 aromatic heterocycles. The van der Waals surface area contributed by atoms with Gasteiger partial charge in [-0.1, -0.05) is 289 Å². The molecule has 1 atom stereocenters. The highest BCUT2D eigenvalue weighted by molar-refractivity contribution is 5.71. The van der Waals surface area contributed by atoms with Crippen LogP contribution in [-0.4, -0.2) is 37.2 Å². The summed E-state index contributed by atoms with van der Waals surface area (Å²) in [5.41, 5.74) is 0. The fourth-order valence-electron chi connectivity index (χ4n) is 8.95. The summed E-state index contributed by atoms with van der Waals surface area (Å²) in [5.74, 6) is -0.871. The van der Waals surface area contributed by atoms with Gasteiger partial charge in [-0.15, -0.1) is 0 Å². The summed E-state index contributed by atoms with van der Waals surface area (Å²) in [5, 5.41) is 0. The number of rotatable bonds is 55. The summed E-state index contributed by atoms with van der Waals surface area (Å²) in [7, 11) is 0. The third kappa shape index (κ3) is 54.7. The van der Waals surface area contributed by atoms with Crippen LogP contribution in [0.4, 0.5) is 0 Å². The number of hydrogen-bond donors (Lipinski definition) is 0. The lowest BCUT2D eigenvalue weighted by molar-refractivity contribution is -0.167. The maximum atomic E-state index is 12.8. The van der Waals surface area contributed by atoms with E-state index in [0.29, 0.717) is 19.3 Å². The fraction of sp³-hybridized carbons (Fsp3) is 0.885. The zero-order valence-corrected chi connectivity index (χ0v) is 45.2. The van der Waals surface area contributed by atoms with E-state index in [-0.39, 0.29) is 31.1 Å². The average molecular weight is 944 g/mol. The van der Waals surface area contributed by atoms with Gasteiger partial charge in [-0.05, 0) is 44.9 Å². The second-order valence-electron chi connectivity index (χ2n) is 20.3. The number of hydrogen-bond acceptors (Lipinski definition) is 6. The van der Waals surface area contributed by atoms with E-state index < -0.39 is 6.10 Å². The van der Waals surface area contributed by atoms with Crippen LogP contribution in [0.1, 0.15) is 329 Å². The van der Waals surface area contributed by atoms with Crippen LogP contribution >= 0.6 is 0 Å². The lowest BCUT2D eigenvalue weighted by Gasteiger charge is -2.18. The highest BCUT2D eigenvalue weighted by Gasteiger charge is 2.19. The normalized spacial score (nSPS) is 12.1. The van der Waals surface area contributed by atoms with Gasteiger partial charge in [-0.3, -0.25) is 14.4 Å². The third-order valence-corrected chi connectivity index (χ3v) is 13.4. The first-order chi connectivity index (χ1) is 33.0. The molecular formula is C61H114O6. The number of unbranched alkanes of at least 4 members (excludes halogenated alkanes) is 40. The fourth-order valence-corrected chi connectivity index (χ4v) is 8.95. The first-order valence-corrected chi connectivity index (χ1v) is 29.8. The topological polar surface area (TPSA) is 78.9 Å². The number of carbonyl (C=O) groups is 3. The van der Waals surface area contributed by atoms with Crippen LogP contribution < -0.4 is 0 Å². The van der Waals surface area contributed by atoms with Crippen LogP contribution in [0, 0.1) is 0 Å². The summed E-state index contributed by atoms with van der Waals surface area (Å²) in [4.78, 5) is 38.0. The second kappa shape index (κ2) is 56.5. The Balaban J connectivity index is 4.07. The first kappa shape index (κ1) is 64.9. The lowest BCUT2D eigenvalue weighted by Crippen LogP contribution is -2.30. The molecule has 6 heteroatoms. The third-order valence-electron chi connectivity index (χ3n) is 13.4. The van der Waals surface area contributed by atoms with Gasteiger partial charge in [-0.25, -0.2) is 0 Å². The molecule has 394 valence electrons. The van der Waals surface area contributed by atoms with Crippen LogP contribution in [0.25, 0.3) is 0 Å². The van der Waals surface area contributed by atoms with Crippen molar-refractivity contribution in [1.82, 2.24) is 0 Å². The van der Waals surface area contributed by atoms with Crippen molar-refractivity contribution in [1.29, 1.82) is 0 Å². The molecule has 0 saturated heterocycles. The van der Waals surface area contributed by atoms with E-state index in [1.54, 1.807) is 0 Å². The molecule has 0 aliphatic heterocycles. The minimum atomic E-state index is -0.772. The quantitative estimate of drug-likeness (QED) is 0.0262. The van der Waals surface area contributed by atoms with Gasteiger partial charge >= 0.3 is 17.9 Å². The molecule has 0 heterocycles. The van der Waals surface area contributed by atoms with Gasteiger partial charge in [0, 0.05) is 19.3 Å². The van der Waals surface area contributed by atoms with Crippen LogP contribution in [0.2, 0.25) is 0 Å². The molecule has 0 rings (SSSR count). The lowest BCUT2D eigenvalue weighted by atomic mass is 10.0. The van der Waals surface area contributed by atoms with E-state index in [1.807, 2.05) is 0 Å². The Bertz CT molecular complexity index is 1080. The molecule has 0 bridgehead atoms. The Kier molecular flexibility index (Phi) is 54.7. The van der Waals surface area contributed by atoms with Crippen molar-refractivity contribution in [3.05, 3.63) is 24.3 Å². The maximum absolute atomic E-state index is 12.8. The van der Waals surface area contributed by atoms with Crippen LogP contribution in [-0.2, 0) is 28.6 Å². The largest absolute Gasteiger partial charge is 0.462 e. The number of esters is 3. The van der Waals surface area contributed by atoms with E-state index in [1.165, 1.54) is 199 Å². The summed E-state index contributed by atoms with van der Waals surface area (Å²) < 4.78 is 16.8. The molecular weight excluding hydrogens is 829 g/mol. The zero-order chi connectivity index (χ0) is 48.6. The molecule has 0 N–H and O–H groups in total. The number of allylic oxidation sites excluding steroid dienone is 4. The molecule has 0 aromatic carbocycles. The molecule has 0 aromatic rings. The average Bonchev–Trinajstić information content (AvgIpc) is 3.33. The van der Waals surface area contributed by atoms with Crippen molar-refractivity contribution >= 4 is 17.9 Å². The van der Waals surface area contributed by atoms with Crippen LogP contribution in [0.15, 0.2) is 24.3 Å². The summed E-state index contributed by atoms with van der Waals surface area (Å²) in [6, 6.07) is 0. The Morgan fingerprint density at radius 2 is 0.567 bits per heavy atom. The van der Waals surface area contributed by atoms with Gasteiger partial charge in [0.25, 0.3) is 0 Å². The molecule has 0 aliphatic rings. The molecule has 0 saturated carbocycles. The minimum Gasteiger partial charge on any atom is -0.462 e. The van der Waals surface area contributed by atoms with Crippen molar-refractivity contribution in [2.75, 3.05) is 13.2 Å². The smallest absolute Gasteiger partial charge is 0.306 e. The molecule has 0 amide bonds. The molecule has 1 unspecified atom stereocenters. The van der Waals surface area contributed by atoms with Crippen LogP contribution in [0.3, 0.4) is 0 Å². The van der Waals surface area contributed by atoms with Crippen molar-refractivity contribution < 1.29 is 28.6 Å². The van der Waals surface area contributed by atoms with Gasteiger partial charge < -0.3 is 14.2 Å². The minimum absolute atomic E-state index is 0.0721. The van der Waals surface area contributed by atoms with Gasteiger partial charge in [-0.2, -0.15) is 0 Å². The van der Waals surface area contributed by atoms with E-state index in [9.17, 15) is 14.4 Å². The molecule has 67 heavy (non-hydrogen) atoms. The Morgan fingerprint density at radius 1 is 0.299 bits per heavy atom. The molecule has 0 aliphatic carbocycles. The van der Waals surface area contributed by atoms with Crippen molar-refractivity contribution in [2.24, 2.45) is 0 Å². The number of ether oxygens (including phenoxy) is 3. The predicted octanol–water partition coefficient (Wildman–Crippen LogP) is 19.9. The predicted molar refractivity (Wildman–Crippen MR) is 289 cm³/mol. The maximum Gasteiger partial charge on any atom is 0.306 e. The Hall–Kier alpha value is -2.11. The van der Waals surface area contributed by atoms with Crippen molar-refractivity contribution in [3.63, 3.8) is 0 Å². The summed E-state index contributed by atoms with van der Waals surface area (Å²) in [6.07, 6.45) is 66.3. The summed E-state index contributed by atoms with van der Waals surface area (Å²) >= 11 is 0. The highest BCUT2D eigenvalue weighted by Crippen LogP contribution is 2.18.